The van der Waals surface area contributed by atoms with Gasteiger partial charge in [-0.1, -0.05) is 24.3 Å². The lowest BCUT2D eigenvalue weighted by atomic mass is 9.74. The van der Waals surface area contributed by atoms with E-state index in [-0.39, 0.29) is 17.9 Å². The molecule has 2 heterocycles. The van der Waals surface area contributed by atoms with E-state index in [9.17, 15) is 4.79 Å². The van der Waals surface area contributed by atoms with Crippen LogP contribution in [0.2, 0.25) is 0 Å². The predicted molar refractivity (Wildman–Crippen MR) is 113 cm³/mol. The monoisotopic (exact) mass is 396 g/mol. The van der Waals surface area contributed by atoms with Crippen molar-refractivity contribution >= 4 is 5.91 Å². The normalized spacial score (nSPS) is 26.7. The molecule has 1 amide bonds. The molecule has 1 aromatic carbocycles. The summed E-state index contributed by atoms with van der Waals surface area (Å²) in [6, 6.07) is 9.33. The molecule has 2 aliphatic rings. The molecule has 0 spiro atoms. The molecule has 0 unspecified atom stereocenters. The van der Waals surface area contributed by atoms with E-state index in [1.54, 1.807) is 7.11 Å². The van der Waals surface area contributed by atoms with E-state index < -0.39 is 0 Å². The van der Waals surface area contributed by atoms with Crippen molar-refractivity contribution in [2.24, 2.45) is 13.0 Å². The predicted octanol–water partition coefficient (Wildman–Crippen LogP) is 2.80. The third-order valence-electron chi connectivity index (χ3n) is 6.58. The zero-order valence-electron chi connectivity index (χ0n) is 17.7. The first-order chi connectivity index (χ1) is 14.1. The van der Waals surface area contributed by atoms with Gasteiger partial charge in [0.1, 0.15) is 0 Å². The number of carbonyl (C=O) groups excluding carboxylic acids is 1. The molecular formula is C23H32N4O2. The van der Waals surface area contributed by atoms with Crippen molar-refractivity contribution in [2.75, 3.05) is 26.8 Å². The van der Waals surface area contributed by atoms with Gasteiger partial charge < -0.3 is 15.0 Å². The number of carbonyl (C=O) groups is 1. The van der Waals surface area contributed by atoms with Crippen LogP contribution in [0.15, 0.2) is 36.7 Å². The van der Waals surface area contributed by atoms with Crippen LogP contribution < -0.4 is 5.32 Å². The number of nitrogens with zero attached hydrogens (tertiary/aromatic N) is 3. The first kappa shape index (κ1) is 20.1. The van der Waals surface area contributed by atoms with Crippen LogP contribution in [0, 0.1) is 12.8 Å². The van der Waals surface area contributed by atoms with Crippen LogP contribution in [-0.4, -0.2) is 53.4 Å². The minimum Gasteiger partial charge on any atom is -0.383 e. The highest BCUT2D eigenvalue weighted by Crippen LogP contribution is 2.40. The second-order valence-corrected chi connectivity index (χ2v) is 8.57. The van der Waals surface area contributed by atoms with Crippen molar-refractivity contribution in [3.63, 3.8) is 0 Å². The molecular weight excluding hydrogens is 364 g/mol. The van der Waals surface area contributed by atoms with E-state index in [2.05, 4.69) is 41.6 Å². The van der Waals surface area contributed by atoms with E-state index in [1.807, 2.05) is 29.0 Å². The molecule has 4 rings (SSSR count). The van der Waals surface area contributed by atoms with Crippen molar-refractivity contribution in [1.82, 2.24) is 20.0 Å². The van der Waals surface area contributed by atoms with Crippen LogP contribution in [0.5, 0.6) is 0 Å². The lowest BCUT2D eigenvalue weighted by molar-refractivity contribution is -0.129. The summed E-state index contributed by atoms with van der Waals surface area (Å²) in [7, 11) is 3.60. The molecule has 0 bridgehead atoms. The molecule has 2 aromatic rings. The zero-order valence-corrected chi connectivity index (χ0v) is 17.7. The number of benzene rings is 1. The second kappa shape index (κ2) is 8.67. The van der Waals surface area contributed by atoms with Crippen LogP contribution in [-0.2, 0) is 16.6 Å². The quantitative estimate of drug-likeness (QED) is 0.745. The number of aromatic nitrogens is 2. The van der Waals surface area contributed by atoms with E-state index in [0.717, 1.165) is 12.1 Å². The van der Waals surface area contributed by atoms with Gasteiger partial charge in [0.05, 0.1) is 18.8 Å². The molecule has 2 fully saturated rings. The minimum absolute atomic E-state index is 0.0751. The van der Waals surface area contributed by atoms with Gasteiger partial charge in [-0.15, -0.1) is 0 Å². The zero-order chi connectivity index (χ0) is 20.4. The van der Waals surface area contributed by atoms with Crippen molar-refractivity contribution in [3.8, 4) is 0 Å². The van der Waals surface area contributed by atoms with Gasteiger partial charge in [0.15, 0.2) is 0 Å². The minimum atomic E-state index is 0.0751. The number of hydrogen-bond donors (Lipinski definition) is 1. The largest absolute Gasteiger partial charge is 0.383 e. The Labute approximate surface area is 173 Å². The Morgan fingerprint density at radius 1 is 1.28 bits per heavy atom. The summed E-state index contributed by atoms with van der Waals surface area (Å²) in [5.74, 6) is 1.14. The average Bonchev–Trinajstić information content (AvgIpc) is 3.22. The number of aryl methyl sites for hydroxylation is 2. The number of rotatable bonds is 8. The van der Waals surface area contributed by atoms with Crippen LogP contribution in [0.4, 0.5) is 0 Å². The summed E-state index contributed by atoms with van der Waals surface area (Å²) in [5.41, 5.74) is 4.00. The summed E-state index contributed by atoms with van der Waals surface area (Å²) in [5, 5.41) is 8.08. The molecule has 156 valence electrons. The Kier molecular flexibility index (Phi) is 6.01. The van der Waals surface area contributed by atoms with Gasteiger partial charge in [-0.05, 0) is 36.8 Å². The molecule has 1 aromatic heterocycles. The van der Waals surface area contributed by atoms with Crippen molar-refractivity contribution in [2.45, 2.75) is 44.2 Å². The standard InChI is InChI=1S/C23H32N4O2/c1-16-6-4-5-7-21(16)17-10-20(11-17)24-13-18-12-22(28)27(8-9-29-3)23(18)19-14-25-26(2)15-19/h4-7,14-15,17-18,20,23-24H,8-13H2,1-3H3/t17?,18-,20?,23+/m0/s1. The van der Waals surface area contributed by atoms with Crippen LogP contribution in [0.25, 0.3) is 0 Å². The van der Waals surface area contributed by atoms with E-state index in [0.29, 0.717) is 31.5 Å². The Morgan fingerprint density at radius 3 is 2.76 bits per heavy atom. The Morgan fingerprint density at radius 2 is 2.07 bits per heavy atom. The number of nitrogens with one attached hydrogen (secondary N) is 1. The fraction of sp³-hybridized carbons (Fsp3) is 0.565. The molecule has 6 heteroatoms. The van der Waals surface area contributed by atoms with Gasteiger partial charge in [-0.3, -0.25) is 9.48 Å². The van der Waals surface area contributed by atoms with Crippen LogP contribution >= 0.6 is 0 Å². The molecule has 1 N–H and O–H groups in total. The highest BCUT2D eigenvalue weighted by molar-refractivity contribution is 5.79. The molecule has 0 radical (unpaired) electrons. The summed E-state index contributed by atoms with van der Waals surface area (Å²) in [4.78, 5) is 14.7. The third kappa shape index (κ3) is 4.23. The van der Waals surface area contributed by atoms with Gasteiger partial charge in [0.2, 0.25) is 5.91 Å². The summed E-state index contributed by atoms with van der Waals surface area (Å²) < 4.78 is 7.05. The van der Waals surface area contributed by atoms with Gasteiger partial charge >= 0.3 is 0 Å². The lowest BCUT2D eigenvalue weighted by Crippen LogP contribution is -2.43. The number of likely N-dealkylation sites (tertiary alicyclic amines) is 1. The van der Waals surface area contributed by atoms with E-state index in [4.69, 9.17) is 4.74 Å². The summed E-state index contributed by atoms with van der Waals surface area (Å²) in [6.45, 7) is 4.25. The topological polar surface area (TPSA) is 59.4 Å². The number of amides is 1. The summed E-state index contributed by atoms with van der Waals surface area (Å²) >= 11 is 0. The first-order valence-electron chi connectivity index (χ1n) is 10.6. The Hall–Kier alpha value is -2.18. The van der Waals surface area contributed by atoms with Crippen molar-refractivity contribution in [1.29, 1.82) is 0 Å². The number of hydrogen-bond acceptors (Lipinski definition) is 4. The fourth-order valence-electron chi connectivity index (χ4n) is 4.95. The van der Waals surface area contributed by atoms with Gasteiger partial charge in [0, 0.05) is 57.4 Å². The first-order valence-corrected chi connectivity index (χ1v) is 10.6. The molecule has 2 atom stereocenters. The van der Waals surface area contributed by atoms with Crippen molar-refractivity contribution in [3.05, 3.63) is 53.3 Å². The average molecular weight is 397 g/mol. The molecule has 29 heavy (non-hydrogen) atoms. The molecule has 1 aliphatic heterocycles. The van der Waals surface area contributed by atoms with Crippen LogP contribution in [0.1, 0.15) is 47.9 Å². The summed E-state index contributed by atoms with van der Waals surface area (Å²) in [6.07, 6.45) is 6.87. The van der Waals surface area contributed by atoms with Crippen LogP contribution in [0.3, 0.4) is 0 Å². The Balaban J connectivity index is 1.37. The highest BCUT2D eigenvalue weighted by Gasteiger charge is 2.41. The molecule has 1 saturated carbocycles. The smallest absolute Gasteiger partial charge is 0.223 e. The lowest BCUT2D eigenvalue weighted by Gasteiger charge is -2.38. The fourth-order valence-corrected chi connectivity index (χ4v) is 4.95. The maximum atomic E-state index is 12.7. The third-order valence-corrected chi connectivity index (χ3v) is 6.58. The maximum Gasteiger partial charge on any atom is 0.223 e. The molecule has 1 aliphatic carbocycles. The highest BCUT2D eigenvalue weighted by atomic mass is 16.5. The van der Waals surface area contributed by atoms with Gasteiger partial charge in [-0.2, -0.15) is 5.10 Å². The number of methoxy groups -OCH3 is 1. The van der Waals surface area contributed by atoms with Crippen molar-refractivity contribution < 1.29 is 9.53 Å². The molecule has 1 saturated heterocycles. The maximum absolute atomic E-state index is 12.7. The number of ether oxygens (including phenoxy) is 1. The SMILES string of the molecule is COCCN1C(=O)C[C@@H](CNC2CC(c3ccccc3C)C2)[C@@H]1c1cnn(C)c1. The van der Waals surface area contributed by atoms with E-state index in [1.165, 1.54) is 24.0 Å². The van der Waals surface area contributed by atoms with Gasteiger partial charge in [0.25, 0.3) is 0 Å². The van der Waals surface area contributed by atoms with E-state index >= 15 is 0 Å². The Bertz CT molecular complexity index is 843. The molecule has 6 nitrogen and oxygen atoms in total. The van der Waals surface area contributed by atoms with Gasteiger partial charge in [-0.25, -0.2) is 0 Å². The second-order valence-electron chi connectivity index (χ2n) is 8.57.